The lowest BCUT2D eigenvalue weighted by molar-refractivity contribution is -0.205. The summed E-state index contributed by atoms with van der Waals surface area (Å²) < 4.78 is 37.7. The number of carboxylic acids is 1. The molecule has 200 valence electrons. The molecule has 0 heterocycles. The van der Waals surface area contributed by atoms with Crippen LogP contribution >= 0.6 is 15.9 Å². The number of fused-ring (bicyclic) bond motifs is 1. The van der Waals surface area contributed by atoms with E-state index in [1.165, 1.54) is 56.1 Å². The van der Waals surface area contributed by atoms with E-state index in [1.54, 1.807) is 5.57 Å². The summed E-state index contributed by atoms with van der Waals surface area (Å²) in [4.78, 5) is 9.32. The largest absolute Gasteiger partial charge is 0.481 e. The molecule has 3 aliphatic rings. The van der Waals surface area contributed by atoms with Crippen LogP contribution in [-0.4, -0.2) is 33.8 Å². The minimum Gasteiger partial charge on any atom is -0.481 e. The van der Waals surface area contributed by atoms with Crippen LogP contribution in [-0.2, 0) is 4.79 Å². The first kappa shape index (κ1) is 30.1. The molecule has 35 heavy (non-hydrogen) atoms. The number of carboxylic acid groups (broad SMARTS) is 1. The molecule has 3 aliphatic carbocycles. The zero-order valence-electron chi connectivity index (χ0n) is 21.2. The third-order valence-corrected chi connectivity index (χ3v) is 8.96. The SMILES string of the molecule is C=C1CCCC/C1=C/C=C1\CCC[C@@]2(C)C1CCC2[C@H](C)CCCC(O)C(F)(F)F.O=C(O)CBr. The highest BCUT2D eigenvalue weighted by Crippen LogP contribution is 2.60. The monoisotopic (exact) mass is 562 g/mol. The van der Waals surface area contributed by atoms with Crippen LogP contribution in [0.1, 0.15) is 90.9 Å². The predicted octanol–water partition coefficient (Wildman–Crippen LogP) is 8.38. The van der Waals surface area contributed by atoms with E-state index in [2.05, 4.69) is 48.5 Å². The molecule has 3 saturated carbocycles. The second kappa shape index (κ2) is 13.5. The minimum absolute atomic E-state index is 0.0347. The van der Waals surface area contributed by atoms with Crippen LogP contribution in [0.15, 0.2) is 35.5 Å². The second-order valence-electron chi connectivity index (χ2n) is 10.8. The van der Waals surface area contributed by atoms with Gasteiger partial charge in [-0.05, 0) is 93.0 Å². The van der Waals surface area contributed by atoms with E-state index in [-0.39, 0.29) is 17.2 Å². The molecule has 3 nitrogen and oxygen atoms in total. The Balaban J connectivity index is 0.000000784. The van der Waals surface area contributed by atoms with Gasteiger partial charge in [0.25, 0.3) is 0 Å². The molecule has 3 rings (SSSR count). The summed E-state index contributed by atoms with van der Waals surface area (Å²) in [6.07, 6.45) is 9.85. The first-order chi connectivity index (χ1) is 16.4. The normalized spacial score (nSPS) is 31.0. The standard InChI is InChI=1S/C26H39F3O.C2H3BrO2/c1-18-8-4-5-10-20(18)13-14-21-11-7-17-25(3)22(15-16-23(21)25)19(2)9-6-12-24(30)26(27,28)29;3-1-2(4)5/h13-14,19,22-24,30H,1,4-12,15-17H2,2-3H3;1H2,(H,4,5)/b20-13-,21-14+;/t19-,22?,23?,24?,25-;/m1./s1. The summed E-state index contributed by atoms with van der Waals surface area (Å²) in [6.45, 7) is 8.88. The number of allylic oxidation sites excluding steroid dienone is 5. The van der Waals surface area contributed by atoms with Gasteiger partial charge in [0.1, 0.15) is 11.4 Å². The van der Waals surface area contributed by atoms with Gasteiger partial charge in [-0.3, -0.25) is 4.79 Å². The minimum atomic E-state index is -4.49. The summed E-state index contributed by atoms with van der Waals surface area (Å²) in [6, 6.07) is 0. The van der Waals surface area contributed by atoms with E-state index >= 15 is 0 Å². The van der Waals surface area contributed by atoms with Crippen LogP contribution in [0.5, 0.6) is 0 Å². The smallest absolute Gasteiger partial charge is 0.414 e. The number of hydrogen-bond donors (Lipinski definition) is 2. The zero-order valence-corrected chi connectivity index (χ0v) is 22.8. The van der Waals surface area contributed by atoms with Crippen molar-refractivity contribution in [2.45, 2.75) is 103 Å². The first-order valence-corrected chi connectivity index (χ1v) is 14.1. The average molecular weight is 564 g/mol. The van der Waals surface area contributed by atoms with Gasteiger partial charge in [-0.25, -0.2) is 0 Å². The van der Waals surface area contributed by atoms with Gasteiger partial charge in [0.15, 0.2) is 0 Å². The third-order valence-electron chi connectivity index (χ3n) is 8.48. The highest BCUT2D eigenvalue weighted by Gasteiger charge is 2.50. The Morgan fingerprint density at radius 1 is 1.17 bits per heavy atom. The maximum Gasteiger partial charge on any atom is 0.414 e. The molecule has 3 fully saturated rings. The van der Waals surface area contributed by atoms with E-state index in [0.29, 0.717) is 24.2 Å². The molecule has 2 N–H and O–H groups in total. The maximum atomic E-state index is 12.6. The van der Waals surface area contributed by atoms with Crippen LogP contribution in [0.4, 0.5) is 13.2 Å². The molecule has 0 aromatic heterocycles. The highest BCUT2D eigenvalue weighted by atomic mass is 79.9. The van der Waals surface area contributed by atoms with Crippen molar-refractivity contribution in [3.63, 3.8) is 0 Å². The third kappa shape index (κ3) is 8.48. The second-order valence-corrected chi connectivity index (χ2v) is 11.4. The number of alkyl halides is 4. The fourth-order valence-corrected chi connectivity index (χ4v) is 6.61. The number of aliphatic hydroxyl groups excluding tert-OH is 1. The number of aliphatic carboxylic acids is 1. The Morgan fingerprint density at radius 2 is 1.83 bits per heavy atom. The molecule has 0 aromatic carbocycles. The molecule has 5 atom stereocenters. The lowest BCUT2D eigenvalue weighted by Gasteiger charge is -2.44. The Hall–Kier alpha value is -1.08. The summed E-state index contributed by atoms with van der Waals surface area (Å²) in [7, 11) is 0. The fraction of sp³-hybridized carbons (Fsp3) is 0.750. The van der Waals surface area contributed by atoms with Gasteiger partial charge in [0.2, 0.25) is 0 Å². The van der Waals surface area contributed by atoms with Crippen molar-refractivity contribution >= 4 is 21.9 Å². The number of hydrogen-bond acceptors (Lipinski definition) is 2. The van der Waals surface area contributed by atoms with Gasteiger partial charge in [-0.2, -0.15) is 13.2 Å². The summed E-state index contributed by atoms with van der Waals surface area (Å²) in [5.74, 6) is 0.737. The maximum absolute atomic E-state index is 12.6. The summed E-state index contributed by atoms with van der Waals surface area (Å²) in [5, 5.41) is 17.0. The Bertz CT molecular complexity index is 789. The number of carbonyl (C=O) groups is 1. The van der Waals surface area contributed by atoms with Crippen molar-refractivity contribution in [2.24, 2.45) is 23.2 Å². The number of aliphatic hydroxyl groups is 1. The Kier molecular flexibility index (Phi) is 11.6. The molecular formula is C28H42BrF3O3. The molecule has 0 spiro atoms. The lowest BCUT2D eigenvalue weighted by Crippen LogP contribution is -2.36. The van der Waals surface area contributed by atoms with Gasteiger partial charge in [0.05, 0.1) is 0 Å². The summed E-state index contributed by atoms with van der Waals surface area (Å²) >= 11 is 2.71. The van der Waals surface area contributed by atoms with Crippen LogP contribution < -0.4 is 0 Å². The van der Waals surface area contributed by atoms with E-state index in [4.69, 9.17) is 5.11 Å². The van der Waals surface area contributed by atoms with Crippen molar-refractivity contribution in [2.75, 3.05) is 5.33 Å². The van der Waals surface area contributed by atoms with Gasteiger partial charge < -0.3 is 10.2 Å². The zero-order chi connectivity index (χ0) is 26.2. The van der Waals surface area contributed by atoms with Crippen molar-refractivity contribution in [1.29, 1.82) is 0 Å². The van der Waals surface area contributed by atoms with E-state index in [0.717, 1.165) is 19.3 Å². The van der Waals surface area contributed by atoms with Crippen LogP contribution in [0.25, 0.3) is 0 Å². The van der Waals surface area contributed by atoms with Crippen molar-refractivity contribution in [3.05, 3.63) is 35.5 Å². The molecule has 0 bridgehead atoms. The predicted molar refractivity (Wildman–Crippen MR) is 138 cm³/mol. The van der Waals surface area contributed by atoms with Crippen LogP contribution in [0, 0.1) is 23.2 Å². The topological polar surface area (TPSA) is 57.5 Å². The highest BCUT2D eigenvalue weighted by molar-refractivity contribution is 9.09. The van der Waals surface area contributed by atoms with E-state index in [1.807, 2.05) is 0 Å². The Labute approximate surface area is 217 Å². The molecule has 0 saturated heterocycles. The quantitative estimate of drug-likeness (QED) is 0.306. The molecule has 0 amide bonds. The molecule has 3 unspecified atom stereocenters. The van der Waals surface area contributed by atoms with E-state index < -0.39 is 18.2 Å². The van der Waals surface area contributed by atoms with Crippen molar-refractivity contribution in [3.8, 4) is 0 Å². The Morgan fingerprint density at radius 3 is 2.43 bits per heavy atom. The number of rotatable bonds is 7. The van der Waals surface area contributed by atoms with Crippen LogP contribution in [0.3, 0.4) is 0 Å². The first-order valence-electron chi connectivity index (χ1n) is 13.0. The van der Waals surface area contributed by atoms with Gasteiger partial charge in [0, 0.05) is 0 Å². The fourth-order valence-electron chi connectivity index (χ4n) is 6.61. The van der Waals surface area contributed by atoms with Gasteiger partial charge >= 0.3 is 12.1 Å². The average Bonchev–Trinajstić information content (AvgIpc) is 3.15. The van der Waals surface area contributed by atoms with Crippen molar-refractivity contribution < 1.29 is 28.2 Å². The van der Waals surface area contributed by atoms with Gasteiger partial charge in [-0.15, -0.1) is 0 Å². The molecule has 7 heteroatoms. The van der Waals surface area contributed by atoms with Gasteiger partial charge in [-0.1, -0.05) is 72.5 Å². The van der Waals surface area contributed by atoms with E-state index in [9.17, 15) is 23.1 Å². The van der Waals surface area contributed by atoms with Crippen molar-refractivity contribution in [1.82, 2.24) is 0 Å². The number of halogens is 4. The molecule has 0 radical (unpaired) electrons. The molecular weight excluding hydrogens is 521 g/mol. The summed E-state index contributed by atoms with van der Waals surface area (Å²) in [5.41, 5.74) is 4.56. The molecule has 0 aliphatic heterocycles. The lowest BCUT2D eigenvalue weighted by atomic mass is 9.60. The molecule has 0 aromatic rings. The van der Waals surface area contributed by atoms with Crippen LogP contribution in [0.2, 0.25) is 0 Å².